The number of benzene rings is 1. The van der Waals surface area contributed by atoms with Gasteiger partial charge in [0.05, 0.1) is 6.42 Å². The van der Waals surface area contributed by atoms with Crippen LogP contribution in [-0.2, 0) is 0 Å². The van der Waals surface area contributed by atoms with Crippen molar-refractivity contribution in [3.63, 3.8) is 0 Å². The Labute approximate surface area is 91.8 Å². The van der Waals surface area contributed by atoms with Crippen LogP contribution in [-0.4, -0.2) is 24.3 Å². The van der Waals surface area contributed by atoms with Gasteiger partial charge in [-0.1, -0.05) is 24.3 Å². The van der Waals surface area contributed by atoms with Gasteiger partial charge >= 0.3 is 0 Å². The summed E-state index contributed by atoms with van der Waals surface area (Å²) >= 11 is 0. The number of nitrogens with zero attached hydrogens (tertiary/aromatic N) is 1. The molecule has 1 aliphatic carbocycles. The maximum Gasteiger partial charge on any atom is 0.223 e. The molecule has 1 aromatic rings. The van der Waals surface area contributed by atoms with Crippen LogP contribution in [0.25, 0.3) is 0 Å². The van der Waals surface area contributed by atoms with Gasteiger partial charge < -0.3 is 0 Å². The number of hydrogen-bond acceptors (Lipinski definition) is 5. The second-order valence-corrected chi connectivity index (χ2v) is 3.68. The summed E-state index contributed by atoms with van der Waals surface area (Å²) in [5, 5.41) is 5.33. The fraction of sp³-hybridized carbons (Fsp3) is 0.273. The topological polar surface area (TPSA) is 75.6 Å². The van der Waals surface area contributed by atoms with Gasteiger partial charge in [-0.25, -0.2) is 0 Å². The molecule has 0 saturated carbocycles. The zero-order chi connectivity index (χ0) is 11.8. The van der Waals surface area contributed by atoms with Crippen LogP contribution in [0.3, 0.4) is 0 Å². The zero-order valence-electron chi connectivity index (χ0n) is 8.69. The molecule has 0 heterocycles. The molecule has 5 heteroatoms. The number of Topliss-reactive ketones (excluding diaryl/α,β-unsaturated/α-hetero) is 2. The fourth-order valence-electron chi connectivity index (χ4n) is 1.88. The number of carbonyl (C=O) groups excluding carboxylic acids is 2. The van der Waals surface area contributed by atoms with Crippen LogP contribution >= 0.6 is 0 Å². The molecule has 1 atom stereocenters. The van der Waals surface area contributed by atoms with Crippen LogP contribution in [0.15, 0.2) is 29.4 Å². The van der Waals surface area contributed by atoms with E-state index in [1.165, 1.54) is 13.1 Å². The minimum absolute atomic E-state index is 0.219. The molecule has 1 unspecified atom stereocenters. The summed E-state index contributed by atoms with van der Waals surface area (Å²) < 4.78 is 0. The number of nitroso groups, excluding NO2 is 1. The van der Waals surface area contributed by atoms with Gasteiger partial charge in [0.15, 0.2) is 5.78 Å². The zero-order valence-corrected chi connectivity index (χ0v) is 8.69. The van der Waals surface area contributed by atoms with E-state index < -0.39 is 11.4 Å². The van der Waals surface area contributed by atoms with Crippen molar-refractivity contribution in [2.75, 3.05) is 7.05 Å². The van der Waals surface area contributed by atoms with E-state index in [2.05, 4.69) is 10.5 Å². The van der Waals surface area contributed by atoms with E-state index in [9.17, 15) is 14.5 Å². The van der Waals surface area contributed by atoms with E-state index in [1.807, 2.05) is 0 Å². The minimum Gasteiger partial charge on any atom is -0.294 e. The van der Waals surface area contributed by atoms with Gasteiger partial charge in [0, 0.05) is 11.1 Å². The van der Waals surface area contributed by atoms with Crippen LogP contribution < -0.4 is 5.32 Å². The largest absolute Gasteiger partial charge is 0.294 e. The van der Waals surface area contributed by atoms with Crippen molar-refractivity contribution in [1.82, 2.24) is 5.32 Å². The summed E-state index contributed by atoms with van der Waals surface area (Å²) in [6, 6.07) is 6.46. The third kappa shape index (κ3) is 1.29. The summed E-state index contributed by atoms with van der Waals surface area (Å²) in [4.78, 5) is 34.6. The van der Waals surface area contributed by atoms with Gasteiger partial charge in [0.1, 0.15) is 0 Å². The minimum atomic E-state index is -1.63. The molecule has 0 spiro atoms. The van der Waals surface area contributed by atoms with Crippen LogP contribution in [0.5, 0.6) is 0 Å². The van der Waals surface area contributed by atoms with Gasteiger partial charge in [-0.15, -0.1) is 4.91 Å². The summed E-state index contributed by atoms with van der Waals surface area (Å²) in [7, 11) is 1.44. The van der Waals surface area contributed by atoms with Crippen molar-refractivity contribution in [1.29, 1.82) is 0 Å². The van der Waals surface area contributed by atoms with Crippen molar-refractivity contribution in [3.8, 4) is 0 Å². The first-order chi connectivity index (χ1) is 7.64. The molecule has 0 bridgehead atoms. The molecule has 0 aromatic heterocycles. The lowest BCUT2D eigenvalue weighted by molar-refractivity contribution is 0.0765. The van der Waals surface area contributed by atoms with Gasteiger partial charge in [-0.3, -0.25) is 14.9 Å². The molecule has 0 fully saturated rings. The molecular weight excluding hydrogens is 208 g/mol. The summed E-state index contributed by atoms with van der Waals surface area (Å²) in [5.74, 6) is -0.690. The molecule has 0 aliphatic heterocycles. The Balaban J connectivity index is 2.62. The number of hydrogen-bond donors (Lipinski definition) is 1. The number of fused-ring (bicyclic) bond motifs is 1. The van der Waals surface area contributed by atoms with Gasteiger partial charge in [0.2, 0.25) is 11.4 Å². The number of rotatable bonds is 2. The predicted octanol–water partition coefficient (Wildman–Crippen LogP) is 1.14. The predicted molar refractivity (Wildman–Crippen MR) is 57.3 cm³/mol. The van der Waals surface area contributed by atoms with E-state index in [-0.39, 0.29) is 17.8 Å². The average Bonchev–Trinajstić information content (AvgIpc) is 2.34. The molecule has 16 heavy (non-hydrogen) atoms. The van der Waals surface area contributed by atoms with E-state index in [1.54, 1.807) is 18.2 Å². The summed E-state index contributed by atoms with van der Waals surface area (Å²) in [6.07, 6.45) is -0.219. The maximum absolute atomic E-state index is 12.0. The summed E-state index contributed by atoms with van der Waals surface area (Å²) in [6.45, 7) is 0. The first kappa shape index (κ1) is 10.6. The first-order valence-electron chi connectivity index (χ1n) is 4.85. The Bertz CT molecular complexity index is 484. The second kappa shape index (κ2) is 3.61. The van der Waals surface area contributed by atoms with E-state index >= 15 is 0 Å². The lowest BCUT2D eigenvalue weighted by Crippen LogP contribution is -2.52. The molecule has 0 saturated heterocycles. The third-order valence-electron chi connectivity index (χ3n) is 2.83. The summed E-state index contributed by atoms with van der Waals surface area (Å²) in [5.41, 5.74) is -1.01. The molecule has 1 aromatic carbocycles. The molecule has 1 aliphatic rings. The Morgan fingerprint density at radius 3 is 2.44 bits per heavy atom. The van der Waals surface area contributed by atoms with Crippen molar-refractivity contribution >= 4 is 11.6 Å². The molecule has 0 radical (unpaired) electrons. The molecule has 5 nitrogen and oxygen atoms in total. The quantitative estimate of drug-likeness (QED) is 0.755. The number of carbonyl (C=O) groups is 2. The van der Waals surface area contributed by atoms with Crippen molar-refractivity contribution in [2.45, 2.75) is 12.1 Å². The third-order valence-corrected chi connectivity index (χ3v) is 2.83. The molecule has 1 N–H and O–H groups in total. The Hall–Kier alpha value is -1.88. The maximum atomic E-state index is 12.0. The van der Waals surface area contributed by atoms with E-state index in [4.69, 9.17) is 0 Å². The molecule has 2 rings (SSSR count). The van der Waals surface area contributed by atoms with Crippen LogP contribution in [0, 0.1) is 4.91 Å². The second-order valence-electron chi connectivity index (χ2n) is 3.68. The van der Waals surface area contributed by atoms with Crippen molar-refractivity contribution < 1.29 is 9.59 Å². The van der Waals surface area contributed by atoms with Crippen LogP contribution in [0.2, 0.25) is 0 Å². The highest BCUT2D eigenvalue weighted by molar-refractivity contribution is 6.18. The standard InChI is InChI=1S/C11H10N2O3/c1-12-11(13-16)6-9(14)7-4-2-3-5-8(7)10(11)15/h2-5,12H,6H2,1H3. The van der Waals surface area contributed by atoms with Crippen LogP contribution in [0.4, 0.5) is 0 Å². The smallest absolute Gasteiger partial charge is 0.223 e. The Morgan fingerprint density at radius 1 is 1.25 bits per heavy atom. The monoisotopic (exact) mass is 218 g/mol. The number of ketones is 2. The normalized spacial score (nSPS) is 24.1. The molecule has 82 valence electrons. The van der Waals surface area contributed by atoms with Crippen molar-refractivity contribution in [3.05, 3.63) is 40.3 Å². The fourth-order valence-corrected chi connectivity index (χ4v) is 1.88. The number of likely N-dealkylation sites (N-methyl/N-ethyl adjacent to an activating group) is 1. The van der Waals surface area contributed by atoms with Gasteiger partial charge in [0.25, 0.3) is 0 Å². The molecule has 0 amide bonds. The van der Waals surface area contributed by atoms with Gasteiger partial charge in [-0.05, 0) is 12.2 Å². The highest BCUT2D eigenvalue weighted by atomic mass is 16.3. The lowest BCUT2D eigenvalue weighted by atomic mass is 9.82. The SMILES string of the molecule is CNC1(N=O)CC(=O)c2ccccc2C1=O. The highest BCUT2D eigenvalue weighted by Gasteiger charge is 2.46. The molecular formula is C11H10N2O3. The first-order valence-corrected chi connectivity index (χ1v) is 4.85. The van der Waals surface area contributed by atoms with E-state index in [0.717, 1.165) is 0 Å². The van der Waals surface area contributed by atoms with Gasteiger partial charge in [-0.2, -0.15) is 0 Å². The number of nitrogens with one attached hydrogen (secondary N) is 1. The van der Waals surface area contributed by atoms with Crippen molar-refractivity contribution in [2.24, 2.45) is 5.18 Å². The average molecular weight is 218 g/mol. The lowest BCUT2D eigenvalue weighted by Gasteiger charge is -2.28. The Morgan fingerprint density at radius 2 is 1.88 bits per heavy atom. The van der Waals surface area contributed by atoms with E-state index in [0.29, 0.717) is 5.56 Å². The van der Waals surface area contributed by atoms with Crippen LogP contribution in [0.1, 0.15) is 27.1 Å². The highest BCUT2D eigenvalue weighted by Crippen LogP contribution is 2.29. The Kier molecular flexibility index (Phi) is 2.40.